The average Bonchev–Trinajstić information content (AvgIpc) is 2.61. The van der Waals surface area contributed by atoms with Crippen LogP contribution in [0.3, 0.4) is 0 Å². The summed E-state index contributed by atoms with van der Waals surface area (Å²) in [6.45, 7) is 1.51. The van der Waals surface area contributed by atoms with Crippen LogP contribution >= 0.6 is 11.6 Å². The molecule has 1 aliphatic rings. The SMILES string of the molecule is O=C(c1ccc(F)cc1F)N1CCC(COc2ccncc2Cl)CC1. The van der Waals surface area contributed by atoms with Crippen molar-refractivity contribution >= 4 is 17.5 Å². The number of hydrogen-bond acceptors (Lipinski definition) is 3. The van der Waals surface area contributed by atoms with Crippen LogP contribution in [-0.4, -0.2) is 35.5 Å². The highest BCUT2D eigenvalue weighted by Crippen LogP contribution is 2.25. The van der Waals surface area contributed by atoms with Gasteiger partial charge in [-0.2, -0.15) is 0 Å². The van der Waals surface area contributed by atoms with Gasteiger partial charge in [0.2, 0.25) is 0 Å². The van der Waals surface area contributed by atoms with Gasteiger partial charge >= 0.3 is 0 Å². The van der Waals surface area contributed by atoms with E-state index < -0.39 is 17.5 Å². The van der Waals surface area contributed by atoms with Gasteiger partial charge in [-0.3, -0.25) is 9.78 Å². The van der Waals surface area contributed by atoms with Gasteiger partial charge in [0.05, 0.1) is 12.2 Å². The maximum atomic E-state index is 13.8. The first kappa shape index (κ1) is 17.6. The topological polar surface area (TPSA) is 42.4 Å². The fourth-order valence-electron chi connectivity index (χ4n) is 2.82. The number of carbonyl (C=O) groups excluding carboxylic acids is 1. The Morgan fingerprint density at radius 1 is 1.28 bits per heavy atom. The lowest BCUT2D eigenvalue weighted by Crippen LogP contribution is -2.40. The Labute approximate surface area is 149 Å². The average molecular weight is 367 g/mol. The lowest BCUT2D eigenvalue weighted by Gasteiger charge is -2.32. The van der Waals surface area contributed by atoms with Gasteiger partial charge < -0.3 is 9.64 Å². The highest BCUT2D eigenvalue weighted by atomic mass is 35.5. The molecule has 1 amide bonds. The number of amides is 1. The molecule has 0 aliphatic carbocycles. The molecular formula is C18H17ClF2N2O2. The Hall–Kier alpha value is -2.21. The zero-order chi connectivity index (χ0) is 17.8. The van der Waals surface area contributed by atoms with Crippen LogP contribution in [0.1, 0.15) is 23.2 Å². The van der Waals surface area contributed by atoms with Crippen molar-refractivity contribution in [1.82, 2.24) is 9.88 Å². The zero-order valence-corrected chi connectivity index (χ0v) is 14.2. The van der Waals surface area contributed by atoms with Crippen LogP contribution in [0.4, 0.5) is 8.78 Å². The first-order valence-corrected chi connectivity index (χ1v) is 8.39. The summed E-state index contributed by atoms with van der Waals surface area (Å²) >= 11 is 6.00. The zero-order valence-electron chi connectivity index (χ0n) is 13.4. The van der Waals surface area contributed by atoms with Crippen molar-refractivity contribution in [3.05, 3.63) is 58.9 Å². The molecule has 2 aromatic rings. The second kappa shape index (κ2) is 7.78. The van der Waals surface area contributed by atoms with Gasteiger partial charge in [-0.05, 0) is 30.9 Å². The fraction of sp³-hybridized carbons (Fsp3) is 0.333. The van der Waals surface area contributed by atoms with Crippen molar-refractivity contribution in [2.24, 2.45) is 5.92 Å². The predicted molar refractivity (Wildman–Crippen MR) is 89.7 cm³/mol. The lowest BCUT2D eigenvalue weighted by atomic mass is 9.97. The molecule has 7 heteroatoms. The summed E-state index contributed by atoms with van der Waals surface area (Å²) in [6.07, 6.45) is 4.63. The smallest absolute Gasteiger partial charge is 0.256 e. The standard InChI is InChI=1S/C18H17ClF2N2O2/c19-15-10-22-6-3-17(15)25-11-12-4-7-23(8-5-12)18(24)14-2-1-13(20)9-16(14)21/h1-3,6,9-10,12H,4-5,7-8,11H2. The van der Waals surface area contributed by atoms with Crippen molar-refractivity contribution in [2.45, 2.75) is 12.8 Å². The molecule has 132 valence electrons. The molecule has 1 aromatic heterocycles. The number of piperidine rings is 1. The van der Waals surface area contributed by atoms with Gasteiger partial charge in [-0.25, -0.2) is 8.78 Å². The van der Waals surface area contributed by atoms with E-state index in [1.165, 1.54) is 12.3 Å². The van der Waals surface area contributed by atoms with Crippen molar-refractivity contribution in [3.8, 4) is 5.75 Å². The van der Waals surface area contributed by atoms with Gasteiger partial charge in [0.1, 0.15) is 22.4 Å². The number of hydrogen-bond donors (Lipinski definition) is 0. The van der Waals surface area contributed by atoms with Crippen molar-refractivity contribution in [2.75, 3.05) is 19.7 Å². The Kier molecular flexibility index (Phi) is 5.48. The molecule has 0 saturated carbocycles. The highest BCUT2D eigenvalue weighted by Gasteiger charge is 2.26. The van der Waals surface area contributed by atoms with Gasteiger partial charge in [-0.1, -0.05) is 11.6 Å². The van der Waals surface area contributed by atoms with Gasteiger partial charge in [0.25, 0.3) is 5.91 Å². The fourth-order valence-corrected chi connectivity index (χ4v) is 3.00. The summed E-state index contributed by atoms with van der Waals surface area (Å²) in [5, 5.41) is 0.460. The molecule has 0 bridgehead atoms. The molecule has 25 heavy (non-hydrogen) atoms. The largest absolute Gasteiger partial charge is 0.492 e. The van der Waals surface area contributed by atoms with Crippen molar-refractivity contribution in [3.63, 3.8) is 0 Å². The van der Waals surface area contributed by atoms with E-state index >= 15 is 0 Å². The molecule has 1 saturated heterocycles. The molecule has 3 rings (SSSR count). The lowest BCUT2D eigenvalue weighted by molar-refractivity contribution is 0.0656. The van der Waals surface area contributed by atoms with Crippen LogP contribution in [0.25, 0.3) is 0 Å². The van der Waals surface area contributed by atoms with Gasteiger partial charge in [0, 0.05) is 37.6 Å². The summed E-state index contributed by atoms with van der Waals surface area (Å²) in [5.74, 6) is -1.06. The van der Waals surface area contributed by atoms with E-state index in [1.807, 2.05) is 0 Å². The number of halogens is 3. The minimum atomic E-state index is -0.831. The highest BCUT2D eigenvalue weighted by molar-refractivity contribution is 6.31. The van der Waals surface area contributed by atoms with Crippen LogP contribution in [0.15, 0.2) is 36.7 Å². The summed E-state index contributed by atoms with van der Waals surface area (Å²) < 4.78 is 32.4. The molecule has 2 heterocycles. The van der Waals surface area contributed by atoms with Crippen molar-refractivity contribution < 1.29 is 18.3 Å². The summed E-state index contributed by atoms with van der Waals surface area (Å²) in [7, 11) is 0. The third-order valence-corrected chi connectivity index (χ3v) is 4.56. The molecule has 4 nitrogen and oxygen atoms in total. The van der Waals surface area contributed by atoms with E-state index in [-0.39, 0.29) is 11.5 Å². The van der Waals surface area contributed by atoms with Gasteiger partial charge in [0.15, 0.2) is 0 Å². The van der Waals surface area contributed by atoms with Crippen LogP contribution in [0.5, 0.6) is 5.75 Å². The van der Waals surface area contributed by atoms with E-state index in [0.29, 0.717) is 30.5 Å². The quantitative estimate of drug-likeness (QED) is 0.823. The Morgan fingerprint density at radius 2 is 2.04 bits per heavy atom. The Bertz CT molecular complexity index is 764. The number of aromatic nitrogens is 1. The number of benzene rings is 1. The molecular weight excluding hydrogens is 350 g/mol. The van der Waals surface area contributed by atoms with E-state index in [1.54, 1.807) is 17.2 Å². The normalized spacial score (nSPS) is 15.2. The van der Waals surface area contributed by atoms with E-state index in [0.717, 1.165) is 25.0 Å². The molecule has 1 aromatic carbocycles. The van der Waals surface area contributed by atoms with Gasteiger partial charge in [-0.15, -0.1) is 0 Å². The second-order valence-electron chi connectivity index (χ2n) is 5.98. The third kappa shape index (κ3) is 4.25. The summed E-state index contributed by atoms with van der Waals surface area (Å²) in [6, 6.07) is 4.72. The molecule has 0 spiro atoms. The number of ether oxygens (including phenoxy) is 1. The predicted octanol–water partition coefficient (Wildman–Crippen LogP) is 3.94. The van der Waals surface area contributed by atoms with Crippen LogP contribution < -0.4 is 4.74 Å². The maximum absolute atomic E-state index is 13.8. The van der Waals surface area contributed by atoms with Crippen LogP contribution in [0.2, 0.25) is 5.02 Å². The van der Waals surface area contributed by atoms with Crippen LogP contribution in [-0.2, 0) is 0 Å². The van der Waals surface area contributed by atoms with E-state index in [9.17, 15) is 13.6 Å². The number of carbonyl (C=O) groups is 1. The third-order valence-electron chi connectivity index (χ3n) is 4.27. The Morgan fingerprint density at radius 3 is 2.72 bits per heavy atom. The minimum Gasteiger partial charge on any atom is -0.492 e. The van der Waals surface area contributed by atoms with E-state index in [4.69, 9.17) is 16.3 Å². The summed E-state index contributed by atoms with van der Waals surface area (Å²) in [5.41, 5.74) is -0.0975. The molecule has 1 fully saturated rings. The maximum Gasteiger partial charge on any atom is 0.256 e. The molecule has 0 unspecified atom stereocenters. The molecule has 0 atom stereocenters. The van der Waals surface area contributed by atoms with E-state index in [2.05, 4.69) is 4.98 Å². The summed E-state index contributed by atoms with van der Waals surface area (Å²) in [4.78, 5) is 17.9. The van der Waals surface area contributed by atoms with Crippen molar-refractivity contribution in [1.29, 1.82) is 0 Å². The minimum absolute atomic E-state index is 0.0975. The molecule has 0 radical (unpaired) electrons. The Balaban J connectivity index is 1.53. The monoisotopic (exact) mass is 366 g/mol. The first-order chi connectivity index (χ1) is 12.0. The van der Waals surface area contributed by atoms with Crippen LogP contribution in [0, 0.1) is 17.6 Å². The second-order valence-corrected chi connectivity index (χ2v) is 6.38. The number of rotatable bonds is 4. The molecule has 0 N–H and O–H groups in total. The number of nitrogens with zero attached hydrogens (tertiary/aromatic N) is 2. The molecule has 1 aliphatic heterocycles. The number of pyridine rings is 1. The number of likely N-dealkylation sites (tertiary alicyclic amines) is 1. The first-order valence-electron chi connectivity index (χ1n) is 8.01.